The van der Waals surface area contributed by atoms with Gasteiger partial charge in [-0.2, -0.15) is 0 Å². The van der Waals surface area contributed by atoms with Crippen molar-refractivity contribution in [3.05, 3.63) is 136 Å². The average Bonchev–Trinajstić information content (AvgIpc) is 3.54. The molecule has 0 saturated heterocycles. The van der Waals surface area contributed by atoms with Crippen LogP contribution < -0.4 is 6.54 Å². The molecule has 2 aliphatic rings. The first-order valence-corrected chi connectivity index (χ1v) is 17.6. The van der Waals surface area contributed by atoms with Crippen LogP contribution in [0.4, 0.5) is 0 Å². The van der Waals surface area contributed by atoms with Crippen LogP contribution in [0.25, 0.3) is 12.2 Å². The molecule has 2 aliphatic carbocycles. The van der Waals surface area contributed by atoms with Gasteiger partial charge in [0.25, 0.3) is 0 Å². The Morgan fingerprint density at radius 1 is 0.459 bits per heavy atom. The molecule has 0 N–H and O–H groups in total. The average molecular weight is 605 g/mol. The van der Waals surface area contributed by atoms with Crippen LogP contribution in [-0.2, 0) is 33.1 Å². The van der Waals surface area contributed by atoms with Crippen molar-refractivity contribution in [1.29, 1.82) is 0 Å². The van der Waals surface area contributed by atoms with E-state index in [1.54, 1.807) is 13.1 Å². The van der Waals surface area contributed by atoms with Crippen LogP contribution in [0, 0.1) is 27.7 Å². The predicted octanol–water partition coefficient (Wildman–Crippen LogP) is 8.06. The molecular formula is C34H34Cl2Zr. The molecule has 0 saturated carbocycles. The Bertz CT molecular complexity index is 1400. The second-order valence-electron chi connectivity index (χ2n) is 10.4. The van der Waals surface area contributed by atoms with Crippen LogP contribution >= 0.6 is 24.8 Å². The molecule has 37 heavy (non-hydrogen) atoms. The summed E-state index contributed by atoms with van der Waals surface area (Å²) >= 11 is -3.54. The minimum atomic E-state index is -3.54. The molecular weight excluding hydrogens is 571 g/mol. The topological polar surface area (TPSA) is 0 Å². The van der Waals surface area contributed by atoms with Gasteiger partial charge < -0.3 is 0 Å². The Kier molecular flexibility index (Phi) is 8.20. The molecule has 0 atom stereocenters. The van der Waals surface area contributed by atoms with Gasteiger partial charge in [0, 0.05) is 0 Å². The molecule has 4 aromatic rings. The van der Waals surface area contributed by atoms with E-state index >= 15 is 0 Å². The van der Waals surface area contributed by atoms with E-state index in [-0.39, 0.29) is 24.8 Å². The summed E-state index contributed by atoms with van der Waals surface area (Å²) in [5.41, 5.74) is 11.7. The standard InChI is InChI=1S/2C11H11.2C6H5.2ClH.Zr/c2*1-8-6-7-9(2)11-5-3-4-10(8)11;2*1-2-4-6-5-3-1;;;/h2*4,6-7H,5H2,1-2H3;2*1-5H;2*1H;. The first-order chi connectivity index (χ1) is 17.0. The summed E-state index contributed by atoms with van der Waals surface area (Å²) in [4.78, 5) is 0. The van der Waals surface area contributed by atoms with Gasteiger partial charge in [-0.25, -0.2) is 0 Å². The molecule has 0 amide bonds. The summed E-state index contributed by atoms with van der Waals surface area (Å²) in [7, 11) is 0. The number of rotatable bonds is 4. The quantitative estimate of drug-likeness (QED) is 0.221. The van der Waals surface area contributed by atoms with Gasteiger partial charge in [-0.15, -0.1) is 24.8 Å². The Morgan fingerprint density at radius 2 is 0.811 bits per heavy atom. The fraction of sp³-hybridized carbons (Fsp3) is 0.176. The van der Waals surface area contributed by atoms with Crippen LogP contribution in [-0.4, -0.2) is 0 Å². The molecule has 188 valence electrons. The van der Waals surface area contributed by atoms with Crippen molar-refractivity contribution in [2.24, 2.45) is 0 Å². The van der Waals surface area contributed by atoms with E-state index in [1.807, 2.05) is 0 Å². The zero-order chi connectivity index (χ0) is 24.2. The molecule has 0 bridgehead atoms. The zero-order valence-corrected chi connectivity index (χ0v) is 26.1. The van der Waals surface area contributed by atoms with Gasteiger partial charge in [-0.3, -0.25) is 0 Å². The number of hydrogen-bond donors (Lipinski definition) is 0. The maximum absolute atomic E-state index is 3.54. The normalized spacial score (nSPS) is 13.6. The van der Waals surface area contributed by atoms with Crippen molar-refractivity contribution in [3.63, 3.8) is 0 Å². The number of benzene rings is 4. The van der Waals surface area contributed by atoms with Crippen molar-refractivity contribution in [3.8, 4) is 0 Å². The number of hydrogen-bond acceptors (Lipinski definition) is 0. The molecule has 4 aromatic carbocycles. The molecule has 0 fully saturated rings. The van der Waals surface area contributed by atoms with Crippen LogP contribution in [0.5, 0.6) is 0 Å². The Balaban J connectivity index is 0.00000160. The van der Waals surface area contributed by atoms with E-state index in [9.17, 15) is 0 Å². The van der Waals surface area contributed by atoms with Crippen LogP contribution in [0.15, 0.2) is 91.5 Å². The number of fused-ring (bicyclic) bond motifs is 2. The summed E-state index contributed by atoms with van der Waals surface area (Å²) in [5, 5.41) is 0. The van der Waals surface area contributed by atoms with E-state index in [1.165, 1.54) is 44.5 Å². The van der Waals surface area contributed by atoms with Gasteiger partial charge in [-0.05, 0) is 0 Å². The molecule has 0 aliphatic heterocycles. The summed E-state index contributed by atoms with van der Waals surface area (Å²) in [5.74, 6) is 0. The minimum absolute atomic E-state index is 0. The molecule has 0 unspecified atom stereocenters. The van der Waals surface area contributed by atoms with Crippen LogP contribution in [0.2, 0.25) is 0 Å². The van der Waals surface area contributed by atoms with E-state index in [4.69, 9.17) is 0 Å². The third-order valence-corrected chi connectivity index (χ3v) is 20.6. The summed E-state index contributed by atoms with van der Waals surface area (Å²) in [6.45, 7) is 9.12. The Morgan fingerprint density at radius 3 is 1.16 bits per heavy atom. The fourth-order valence-corrected chi connectivity index (χ4v) is 19.3. The molecule has 0 nitrogen and oxygen atoms in total. The maximum Gasteiger partial charge on any atom is -0.147 e. The van der Waals surface area contributed by atoms with Crippen molar-refractivity contribution >= 4 is 43.5 Å². The summed E-state index contributed by atoms with van der Waals surface area (Å²) in [6, 6.07) is 32.3. The Labute approximate surface area is 238 Å². The first-order valence-electron chi connectivity index (χ1n) is 12.7. The van der Waals surface area contributed by atoms with Gasteiger partial charge in [0.2, 0.25) is 0 Å². The molecule has 0 radical (unpaired) electrons. The number of allylic oxidation sites excluding steroid dienone is 2. The third-order valence-electron chi connectivity index (χ3n) is 8.37. The molecule has 0 spiro atoms. The molecule has 0 heterocycles. The summed E-state index contributed by atoms with van der Waals surface area (Å²) in [6.07, 6.45) is 7.37. The van der Waals surface area contributed by atoms with E-state index in [2.05, 4.69) is 125 Å². The van der Waals surface area contributed by atoms with E-state index < -0.39 is 20.3 Å². The molecule has 0 aromatic heterocycles. The van der Waals surface area contributed by atoms with Gasteiger partial charge >= 0.3 is 215 Å². The smallest absolute Gasteiger partial charge is 0.147 e. The second kappa shape index (κ2) is 10.9. The van der Waals surface area contributed by atoms with Gasteiger partial charge in [0.15, 0.2) is 0 Å². The van der Waals surface area contributed by atoms with Crippen molar-refractivity contribution in [2.75, 3.05) is 0 Å². The zero-order valence-electron chi connectivity index (χ0n) is 22.0. The predicted molar refractivity (Wildman–Crippen MR) is 162 cm³/mol. The number of aryl methyl sites for hydroxylation is 4. The monoisotopic (exact) mass is 602 g/mol. The second-order valence-corrected chi connectivity index (χ2v) is 20.0. The van der Waals surface area contributed by atoms with Crippen molar-refractivity contribution in [1.82, 2.24) is 0 Å². The van der Waals surface area contributed by atoms with Crippen molar-refractivity contribution in [2.45, 2.75) is 40.5 Å². The maximum atomic E-state index is 2.61. The van der Waals surface area contributed by atoms with Crippen LogP contribution in [0.1, 0.15) is 44.5 Å². The van der Waals surface area contributed by atoms with E-state index in [0.717, 1.165) is 12.8 Å². The minimum Gasteiger partial charge on any atom is -0.147 e. The van der Waals surface area contributed by atoms with Crippen LogP contribution in [0.3, 0.4) is 0 Å². The van der Waals surface area contributed by atoms with Gasteiger partial charge in [0.1, 0.15) is 0 Å². The fourth-order valence-electron chi connectivity index (χ4n) is 6.46. The van der Waals surface area contributed by atoms with Gasteiger partial charge in [0.05, 0.1) is 0 Å². The van der Waals surface area contributed by atoms with Gasteiger partial charge in [-0.1, -0.05) is 0 Å². The third kappa shape index (κ3) is 4.44. The molecule has 6 rings (SSSR count). The van der Waals surface area contributed by atoms with Crippen molar-refractivity contribution < 1.29 is 20.3 Å². The SMILES string of the molecule is Cc1ccc(C)c2c1C=[C]([Zr]([C]1=Cc3c(C)ccc(C)c3C1)([c]1ccccc1)[c]1ccccc1)C2.Cl.Cl. The summed E-state index contributed by atoms with van der Waals surface area (Å²) < 4.78 is 6.52. The number of halogens is 2. The Hall–Kier alpha value is -2.18. The molecule has 3 heteroatoms. The first kappa shape index (κ1) is 27.8. The van der Waals surface area contributed by atoms with E-state index in [0.29, 0.717) is 0 Å². The largest absolute Gasteiger partial charge is 0.147 e.